The molecule has 3 fully saturated rings. The molecule has 0 aromatic carbocycles. The summed E-state index contributed by atoms with van der Waals surface area (Å²) in [6.45, 7) is 8.46. The molecule has 1 N–H and O–H groups in total. The van der Waals surface area contributed by atoms with Gasteiger partial charge in [0.25, 0.3) is 0 Å². The molecule has 0 bridgehead atoms. The lowest BCUT2D eigenvalue weighted by Crippen LogP contribution is -2.48. The summed E-state index contributed by atoms with van der Waals surface area (Å²) in [5.41, 5.74) is 2.14. The van der Waals surface area contributed by atoms with Crippen molar-refractivity contribution >= 4 is 0 Å². The van der Waals surface area contributed by atoms with E-state index in [1.54, 1.807) is 0 Å². The van der Waals surface area contributed by atoms with Crippen molar-refractivity contribution in [2.24, 2.45) is 35.0 Å². The summed E-state index contributed by atoms with van der Waals surface area (Å²) >= 11 is 0. The molecule has 0 unspecified atom stereocenters. The largest absolute Gasteiger partial charge is 0.387 e. The number of rotatable bonds is 2. The Labute approximate surface area is 146 Å². The van der Waals surface area contributed by atoms with Crippen LogP contribution in [0.5, 0.6) is 0 Å². The molecule has 0 aliphatic heterocycles. The molecule has 0 radical (unpaired) electrons. The molecule has 0 saturated heterocycles. The zero-order valence-electron chi connectivity index (χ0n) is 15.4. The molecular formula is C22H33FO. The summed E-state index contributed by atoms with van der Waals surface area (Å²) in [6, 6.07) is 0. The van der Waals surface area contributed by atoms with Gasteiger partial charge >= 0.3 is 0 Å². The molecule has 0 aromatic heterocycles. The van der Waals surface area contributed by atoms with E-state index in [-0.39, 0.29) is 0 Å². The van der Waals surface area contributed by atoms with Gasteiger partial charge < -0.3 is 5.11 Å². The SMILES string of the molecule is C=C(C)[C@H]1CC[C@H]2[C@@H]3CC=C4C[C@](O)(CF)CC[C@@H]4[C@H]3CC[C@]12C. The Hall–Kier alpha value is -0.630. The van der Waals surface area contributed by atoms with E-state index in [0.29, 0.717) is 30.1 Å². The van der Waals surface area contributed by atoms with Crippen LogP contribution >= 0.6 is 0 Å². The van der Waals surface area contributed by atoms with Crippen LogP contribution in [-0.2, 0) is 0 Å². The van der Waals surface area contributed by atoms with Gasteiger partial charge in [-0.2, -0.15) is 0 Å². The van der Waals surface area contributed by atoms with Crippen molar-refractivity contribution in [3.63, 3.8) is 0 Å². The predicted octanol–water partition coefficient (Wildman–Crippen LogP) is 5.45. The van der Waals surface area contributed by atoms with Crippen LogP contribution in [0.25, 0.3) is 0 Å². The minimum Gasteiger partial charge on any atom is -0.387 e. The molecule has 0 aromatic rings. The normalized spacial score (nSPS) is 50.5. The van der Waals surface area contributed by atoms with Crippen LogP contribution in [-0.4, -0.2) is 17.4 Å². The highest BCUT2D eigenvalue weighted by Crippen LogP contribution is 2.64. The fourth-order valence-electron chi connectivity index (χ4n) is 7.29. The number of fused-ring (bicyclic) bond motifs is 5. The Morgan fingerprint density at radius 2 is 2.04 bits per heavy atom. The van der Waals surface area contributed by atoms with Crippen LogP contribution < -0.4 is 0 Å². The second-order valence-electron chi connectivity index (χ2n) is 9.65. The molecule has 4 aliphatic rings. The fraction of sp³-hybridized carbons (Fsp3) is 0.818. The van der Waals surface area contributed by atoms with E-state index in [1.807, 2.05) is 0 Å². The third-order valence-electron chi connectivity index (χ3n) is 8.44. The number of hydrogen-bond donors (Lipinski definition) is 1. The summed E-state index contributed by atoms with van der Waals surface area (Å²) in [6.07, 6.45) is 11.1. The van der Waals surface area contributed by atoms with Gasteiger partial charge in [-0.15, -0.1) is 0 Å². The first-order valence-electron chi connectivity index (χ1n) is 10.0. The molecule has 134 valence electrons. The average Bonchev–Trinajstić information content (AvgIpc) is 2.91. The highest BCUT2D eigenvalue weighted by Gasteiger charge is 2.56. The van der Waals surface area contributed by atoms with Gasteiger partial charge in [0.15, 0.2) is 0 Å². The molecule has 0 amide bonds. The van der Waals surface area contributed by atoms with Crippen molar-refractivity contribution in [2.45, 2.75) is 70.8 Å². The molecule has 24 heavy (non-hydrogen) atoms. The molecule has 7 atom stereocenters. The minimum atomic E-state index is -1.07. The number of alkyl halides is 1. The predicted molar refractivity (Wildman–Crippen MR) is 96.3 cm³/mol. The van der Waals surface area contributed by atoms with Crippen LogP contribution in [0, 0.1) is 35.0 Å². The van der Waals surface area contributed by atoms with Gasteiger partial charge in [-0.05, 0) is 93.3 Å². The summed E-state index contributed by atoms with van der Waals surface area (Å²) in [5, 5.41) is 10.4. The first-order chi connectivity index (χ1) is 11.4. The van der Waals surface area contributed by atoms with Gasteiger partial charge in [-0.1, -0.05) is 30.7 Å². The van der Waals surface area contributed by atoms with E-state index in [2.05, 4.69) is 26.5 Å². The second kappa shape index (κ2) is 5.69. The third kappa shape index (κ3) is 2.35. The van der Waals surface area contributed by atoms with Crippen LogP contribution in [0.3, 0.4) is 0 Å². The lowest BCUT2D eigenvalue weighted by molar-refractivity contribution is -0.0441. The number of hydrogen-bond acceptors (Lipinski definition) is 1. The highest BCUT2D eigenvalue weighted by atomic mass is 19.1. The minimum absolute atomic E-state index is 0.451. The van der Waals surface area contributed by atoms with Crippen molar-refractivity contribution < 1.29 is 9.50 Å². The maximum absolute atomic E-state index is 13.2. The smallest absolute Gasteiger partial charge is 0.118 e. The van der Waals surface area contributed by atoms with E-state index in [9.17, 15) is 9.50 Å². The van der Waals surface area contributed by atoms with Gasteiger partial charge in [-0.3, -0.25) is 0 Å². The quantitative estimate of drug-likeness (QED) is 0.666. The third-order valence-corrected chi connectivity index (χ3v) is 8.44. The topological polar surface area (TPSA) is 20.2 Å². The summed E-state index contributed by atoms with van der Waals surface area (Å²) in [4.78, 5) is 0. The summed E-state index contributed by atoms with van der Waals surface area (Å²) in [5.74, 6) is 3.73. The Morgan fingerprint density at radius 3 is 2.75 bits per heavy atom. The zero-order chi connectivity index (χ0) is 17.1. The molecule has 1 nitrogen and oxygen atoms in total. The van der Waals surface area contributed by atoms with E-state index in [1.165, 1.54) is 36.8 Å². The standard InChI is InChI=1S/C22H33FO/c1-14(2)19-6-7-20-18-5-4-15-12-22(24,13-23)11-9-16(15)17(18)8-10-21(19,20)3/h4,16-20,24H,1,5-13H2,2-3H3/t16-,17+,18+,19+,20-,21+,22-/m0/s1. The van der Waals surface area contributed by atoms with E-state index in [4.69, 9.17) is 0 Å². The van der Waals surface area contributed by atoms with E-state index >= 15 is 0 Å². The van der Waals surface area contributed by atoms with Crippen LogP contribution in [0.4, 0.5) is 4.39 Å². The van der Waals surface area contributed by atoms with E-state index in [0.717, 1.165) is 30.6 Å². The zero-order valence-corrected chi connectivity index (χ0v) is 15.4. The number of halogens is 1. The van der Waals surface area contributed by atoms with Gasteiger partial charge in [0.1, 0.15) is 6.67 Å². The maximum atomic E-state index is 13.2. The first kappa shape index (κ1) is 16.8. The number of aliphatic hydroxyl groups is 1. The van der Waals surface area contributed by atoms with Crippen molar-refractivity contribution in [1.82, 2.24) is 0 Å². The van der Waals surface area contributed by atoms with Gasteiger partial charge in [-0.25, -0.2) is 4.39 Å². The Balaban J connectivity index is 1.59. The molecule has 0 heterocycles. The van der Waals surface area contributed by atoms with E-state index < -0.39 is 12.3 Å². The van der Waals surface area contributed by atoms with Crippen LogP contribution in [0.2, 0.25) is 0 Å². The highest BCUT2D eigenvalue weighted by molar-refractivity contribution is 5.23. The van der Waals surface area contributed by atoms with Crippen LogP contribution in [0.15, 0.2) is 23.8 Å². The molecule has 0 spiro atoms. The number of allylic oxidation sites excluding steroid dienone is 2. The Morgan fingerprint density at radius 1 is 1.25 bits per heavy atom. The molecule has 2 heteroatoms. The molecule has 3 saturated carbocycles. The van der Waals surface area contributed by atoms with Gasteiger partial charge in [0.2, 0.25) is 0 Å². The van der Waals surface area contributed by atoms with Crippen molar-refractivity contribution in [3.8, 4) is 0 Å². The monoisotopic (exact) mass is 332 g/mol. The Bertz CT molecular complexity index is 566. The maximum Gasteiger partial charge on any atom is 0.118 e. The lowest BCUT2D eigenvalue weighted by Gasteiger charge is -2.54. The molecular weight excluding hydrogens is 299 g/mol. The summed E-state index contributed by atoms with van der Waals surface area (Å²) < 4.78 is 13.2. The fourth-order valence-corrected chi connectivity index (χ4v) is 7.29. The van der Waals surface area contributed by atoms with Crippen molar-refractivity contribution in [2.75, 3.05) is 6.67 Å². The van der Waals surface area contributed by atoms with Crippen molar-refractivity contribution in [3.05, 3.63) is 23.8 Å². The molecule has 4 aliphatic carbocycles. The molecule has 4 rings (SSSR count). The average molecular weight is 333 g/mol. The van der Waals surface area contributed by atoms with Crippen molar-refractivity contribution in [1.29, 1.82) is 0 Å². The Kier molecular flexibility index (Phi) is 3.99. The second-order valence-corrected chi connectivity index (χ2v) is 9.65. The lowest BCUT2D eigenvalue weighted by atomic mass is 9.51. The van der Waals surface area contributed by atoms with Crippen LogP contribution in [0.1, 0.15) is 65.2 Å². The van der Waals surface area contributed by atoms with Gasteiger partial charge in [0, 0.05) is 0 Å². The summed E-state index contributed by atoms with van der Waals surface area (Å²) in [7, 11) is 0. The van der Waals surface area contributed by atoms with Gasteiger partial charge in [0.05, 0.1) is 5.60 Å². The first-order valence-corrected chi connectivity index (χ1v) is 10.0.